The van der Waals surface area contributed by atoms with Crippen LogP contribution in [0.2, 0.25) is 0 Å². The summed E-state index contributed by atoms with van der Waals surface area (Å²) in [4.78, 5) is 24.7. The average molecular weight is 455 g/mol. The number of thioether (sulfide) groups is 1. The number of rotatable bonds is 11. The first kappa shape index (κ1) is 23.2. The Bertz CT molecular complexity index is 1080. The Hall–Kier alpha value is -3.46. The number of ether oxygens (including phenoxy) is 1. The number of ketones is 1. The lowest BCUT2D eigenvalue weighted by molar-refractivity contribution is 0.0952. The summed E-state index contributed by atoms with van der Waals surface area (Å²) in [5.74, 6) is 0.857. The quantitative estimate of drug-likeness (QED) is 0.271. The smallest absolute Gasteiger partial charge is 0.251 e. The fraction of sp³-hybridized carbons (Fsp3) is 0.217. The lowest BCUT2D eigenvalue weighted by Gasteiger charge is -2.09. The third-order valence-corrected chi connectivity index (χ3v) is 5.56. The van der Waals surface area contributed by atoms with Crippen LogP contribution in [-0.4, -0.2) is 45.9 Å². The maximum atomic E-state index is 13.0. The number of nitrogens with zero attached hydrogens (tertiary/aromatic N) is 3. The van der Waals surface area contributed by atoms with Gasteiger partial charge in [0, 0.05) is 30.6 Å². The largest absolute Gasteiger partial charge is 0.497 e. The van der Waals surface area contributed by atoms with E-state index >= 15 is 0 Å². The van der Waals surface area contributed by atoms with Crippen LogP contribution in [0.3, 0.4) is 0 Å². The van der Waals surface area contributed by atoms with Gasteiger partial charge >= 0.3 is 0 Å². The first-order valence-electron chi connectivity index (χ1n) is 9.88. The van der Waals surface area contributed by atoms with E-state index in [1.54, 1.807) is 37.5 Å². The highest BCUT2D eigenvalue weighted by Crippen LogP contribution is 2.20. The molecule has 0 aliphatic carbocycles. The molecule has 1 aromatic heterocycles. The predicted octanol–water partition coefficient (Wildman–Crippen LogP) is 3.56. The van der Waals surface area contributed by atoms with Crippen molar-refractivity contribution >= 4 is 23.5 Å². The molecule has 0 bridgehead atoms. The van der Waals surface area contributed by atoms with Crippen molar-refractivity contribution in [2.24, 2.45) is 0 Å². The van der Waals surface area contributed by atoms with Gasteiger partial charge in [0.2, 0.25) is 0 Å². The molecule has 7 nitrogen and oxygen atoms in total. The summed E-state index contributed by atoms with van der Waals surface area (Å²) < 4.78 is 20.0. The number of halogens is 1. The van der Waals surface area contributed by atoms with Crippen molar-refractivity contribution in [3.05, 3.63) is 84.0 Å². The van der Waals surface area contributed by atoms with Gasteiger partial charge < -0.3 is 14.6 Å². The fourth-order valence-corrected chi connectivity index (χ4v) is 3.77. The highest BCUT2D eigenvalue weighted by Gasteiger charge is 2.15. The highest BCUT2D eigenvalue weighted by atomic mass is 32.2. The number of carbonyl (C=O) groups is 2. The van der Waals surface area contributed by atoms with E-state index in [0.29, 0.717) is 47.4 Å². The molecule has 0 unspecified atom stereocenters. The Morgan fingerprint density at radius 1 is 1.12 bits per heavy atom. The SMILES string of the molecule is C=CCn1c(CCNC(=O)c2ccc(F)cc2)nnc1SCC(=O)c1ccc(OC)cc1. The number of benzene rings is 2. The zero-order chi connectivity index (χ0) is 22.9. The normalized spacial score (nSPS) is 10.6. The zero-order valence-electron chi connectivity index (χ0n) is 17.6. The minimum Gasteiger partial charge on any atom is -0.497 e. The molecule has 0 saturated heterocycles. The van der Waals surface area contributed by atoms with Gasteiger partial charge in [0.05, 0.1) is 12.9 Å². The molecule has 1 heterocycles. The third-order valence-electron chi connectivity index (χ3n) is 4.59. The highest BCUT2D eigenvalue weighted by molar-refractivity contribution is 7.99. The molecule has 0 spiro atoms. The van der Waals surface area contributed by atoms with E-state index in [9.17, 15) is 14.0 Å². The topological polar surface area (TPSA) is 86.1 Å². The maximum Gasteiger partial charge on any atom is 0.251 e. The van der Waals surface area contributed by atoms with Crippen LogP contribution < -0.4 is 10.1 Å². The number of allylic oxidation sites excluding steroid dienone is 1. The summed E-state index contributed by atoms with van der Waals surface area (Å²) in [6.07, 6.45) is 2.17. The molecule has 0 aliphatic heterocycles. The fourth-order valence-electron chi connectivity index (χ4n) is 2.90. The zero-order valence-corrected chi connectivity index (χ0v) is 18.4. The molecule has 32 heavy (non-hydrogen) atoms. The first-order chi connectivity index (χ1) is 15.5. The molecule has 3 rings (SSSR count). The monoisotopic (exact) mass is 454 g/mol. The number of hydrogen-bond acceptors (Lipinski definition) is 6. The van der Waals surface area contributed by atoms with Crippen molar-refractivity contribution in [3.63, 3.8) is 0 Å². The molecule has 1 N–H and O–H groups in total. The van der Waals surface area contributed by atoms with Crippen LogP contribution in [0.1, 0.15) is 26.5 Å². The van der Waals surface area contributed by atoms with Crippen molar-refractivity contribution in [1.29, 1.82) is 0 Å². The molecule has 0 fully saturated rings. The second-order valence-corrected chi connectivity index (χ2v) is 7.69. The minimum absolute atomic E-state index is 0.0288. The van der Waals surface area contributed by atoms with E-state index in [1.165, 1.54) is 36.0 Å². The second kappa shape index (κ2) is 11.2. The van der Waals surface area contributed by atoms with Crippen LogP contribution in [0.25, 0.3) is 0 Å². The van der Waals surface area contributed by atoms with E-state index in [-0.39, 0.29) is 17.4 Å². The van der Waals surface area contributed by atoms with Crippen LogP contribution in [0.4, 0.5) is 4.39 Å². The van der Waals surface area contributed by atoms with Crippen LogP contribution in [-0.2, 0) is 13.0 Å². The number of Topliss-reactive ketones (excluding diaryl/α,β-unsaturated/α-hetero) is 1. The van der Waals surface area contributed by atoms with Crippen molar-refractivity contribution in [2.45, 2.75) is 18.1 Å². The summed E-state index contributed by atoms with van der Waals surface area (Å²) in [6, 6.07) is 12.3. The molecule has 0 saturated carbocycles. The van der Waals surface area contributed by atoms with Gasteiger partial charge in [-0.15, -0.1) is 16.8 Å². The standard InChI is InChI=1S/C23H23FN4O3S/c1-3-14-28-21(12-13-25-22(30)17-4-8-18(24)9-5-17)26-27-23(28)32-15-20(29)16-6-10-19(31-2)11-7-16/h3-11H,1,12-15H2,2H3,(H,25,30). The van der Waals surface area contributed by atoms with Gasteiger partial charge in [0.25, 0.3) is 5.91 Å². The number of carbonyl (C=O) groups excluding carboxylic acids is 2. The molecular weight excluding hydrogens is 431 g/mol. The van der Waals surface area contributed by atoms with Crippen LogP contribution >= 0.6 is 11.8 Å². The Labute approximate surface area is 189 Å². The molecule has 3 aromatic rings. The first-order valence-corrected chi connectivity index (χ1v) is 10.9. The summed E-state index contributed by atoms with van der Waals surface area (Å²) in [5, 5.41) is 11.8. The van der Waals surface area contributed by atoms with Gasteiger partial charge in [-0.25, -0.2) is 4.39 Å². The Morgan fingerprint density at radius 2 is 1.81 bits per heavy atom. The number of methoxy groups -OCH3 is 1. The molecular formula is C23H23FN4O3S. The van der Waals surface area contributed by atoms with E-state index in [1.807, 2.05) is 4.57 Å². The third kappa shape index (κ3) is 6.04. The van der Waals surface area contributed by atoms with Crippen LogP contribution in [0, 0.1) is 5.82 Å². The van der Waals surface area contributed by atoms with E-state index < -0.39 is 5.82 Å². The van der Waals surface area contributed by atoms with Gasteiger partial charge in [-0.05, 0) is 48.5 Å². The van der Waals surface area contributed by atoms with Gasteiger partial charge in [-0.1, -0.05) is 17.8 Å². The van der Waals surface area contributed by atoms with Gasteiger partial charge in [-0.3, -0.25) is 9.59 Å². The maximum absolute atomic E-state index is 13.0. The van der Waals surface area contributed by atoms with E-state index in [0.717, 1.165) is 0 Å². The number of aromatic nitrogens is 3. The second-order valence-electron chi connectivity index (χ2n) is 6.75. The van der Waals surface area contributed by atoms with Crippen LogP contribution in [0.15, 0.2) is 66.3 Å². The molecule has 1 amide bonds. The van der Waals surface area contributed by atoms with Crippen molar-refractivity contribution in [2.75, 3.05) is 19.4 Å². The lowest BCUT2D eigenvalue weighted by atomic mass is 10.1. The van der Waals surface area contributed by atoms with Crippen molar-refractivity contribution in [3.8, 4) is 5.75 Å². The van der Waals surface area contributed by atoms with E-state index in [2.05, 4.69) is 22.1 Å². The van der Waals surface area contributed by atoms with Gasteiger partial charge in [0.15, 0.2) is 10.9 Å². The van der Waals surface area contributed by atoms with E-state index in [4.69, 9.17) is 4.74 Å². The van der Waals surface area contributed by atoms with Crippen LogP contribution in [0.5, 0.6) is 5.75 Å². The number of amides is 1. The lowest BCUT2D eigenvalue weighted by Crippen LogP contribution is -2.26. The Morgan fingerprint density at radius 3 is 2.47 bits per heavy atom. The Balaban J connectivity index is 1.58. The molecule has 0 aliphatic rings. The Kier molecular flexibility index (Phi) is 8.15. The van der Waals surface area contributed by atoms with Gasteiger partial charge in [-0.2, -0.15) is 0 Å². The predicted molar refractivity (Wildman–Crippen MR) is 121 cm³/mol. The summed E-state index contributed by atoms with van der Waals surface area (Å²) in [6.45, 7) is 4.58. The number of hydrogen-bond donors (Lipinski definition) is 1. The molecule has 166 valence electrons. The summed E-state index contributed by atoms with van der Waals surface area (Å²) in [5.41, 5.74) is 0.976. The van der Waals surface area contributed by atoms with Crippen molar-refractivity contribution in [1.82, 2.24) is 20.1 Å². The summed E-state index contributed by atoms with van der Waals surface area (Å²) in [7, 11) is 1.57. The molecule has 9 heteroatoms. The summed E-state index contributed by atoms with van der Waals surface area (Å²) >= 11 is 1.30. The van der Waals surface area contributed by atoms with Crippen molar-refractivity contribution < 1.29 is 18.7 Å². The number of nitrogens with one attached hydrogen (secondary N) is 1. The average Bonchev–Trinajstić information content (AvgIpc) is 3.19. The van der Waals surface area contributed by atoms with Gasteiger partial charge in [0.1, 0.15) is 17.4 Å². The minimum atomic E-state index is -0.394. The molecule has 0 radical (unpaired) electrons. The molecule has 2 aromatic carbocycles. The molecule has 0 atom stereocenters.